The van der Waals surface area contributed by atoms with Crippen molar-refractivity contribution >= 4 is 11.6 Å². The molecule has 1 aliphatic heterocycles. The summed E-state index contributed by atoms with van der Waals surface area (Å²) in [5, 5.41) is 0. The normalized spacial score (nSPS) is 27.7. The highest BCUT2D eigenvalue weighted by molar-refractivity contribution is 5.98. The van der Waals surface area contributed by atoms with E-state index in [4.69, 9.17) is 5.73 Å². The van der Waals surface area contributed by atoms with Crippen LogP contribution in [0.3, 0.4) is 0 Å². The predicted molar refractivity (Wildman–Crippen MR) is 58.6 cm³/mol. The average molecular weight is 202 g/mol. The number of carbonyl (C=O) groups excluding carboxylic acids is 1. The van der Waals surface area contributed by atoms with Crippen molar-refractivity contribution in [2.45, 2.75) is 18.9 Å². The van der Waals surface area contributed by atoms with Gasteiger partial charge in [-0.15, -0.1) is 0 Å². The second-order valence-electron chi connectivity index (χ2n) is 4.37. The minimum Gasteiger partial charge on any atom is -0.327 e. The number of nitrogens with zero attached hydrogens (tertiary/aromatic N) is 1. The molecule has 2 N–H and O–H groups in total. The first-order valence-electron chi connectivity index (χ1n) is 5.42. The molecule has 3 rings (SSSR count). The topological polar surface area (TPSA) is 46.3 Å². The lowest BCUT2D eigenvalue weighted by Crippen LogP contribution is -2.32. The lowest BCUT2D eigenvalue weighted by molar-refractivity contribution is -0.119. The third-order valence-electron chi connectivity index (χ3n) is 3.31. The Balaban J connectivity index is 1.87. The number of hydrogen-bond donors (Lipinski definition) is 1. The lowest BCUT2D eigenvalue weighted by atomic mass is 10.2. The molecule has 1 aromatic carbocycles. The molecule has 1 fully saturated rings. The zero-order valence-corrected chi connectivity index (χ0v) is 8.52. The van der Waals surface area contributed by atoms with Crippen LogP contribution in [-0.4, -0.2) is 18.5 Å². The van der Waals surface area contributed by atoms with E-state index in [2.05, 4.69) is 6.07 Å². The van der Waals surface area contributed by atoms with E-state index in [1.54, 1.807) is 0 Å². The maximum atomic E-state index is 12.0. The molecule has 0 aromatic heterocycles. The number of fused-ring (bicyclic) bond motifs is 1. The molecule has 0 spiro atoms. The van der Waals surface area contributed by atoms with Gasteiger partial charge in [-0.3, -0.25) is 4.79 Å². The van der Waals surface area contributed by atoms with Crippen LogP contribution in [0.4, 0.5) is 5.69 Å². The molecule has 2 atom stereocenters. The Morgan fingerprint density at radius 2 is 2.13 bits per heavy atom. The second-order valence-corrected chi connectivity index (χ2v) is 4.37. The van der Waals surface area contributed by atoms with E-state index >= 15 is 0 Å². The van der Waals surface area contributed by atoms with Crippen molar-refractivity contribution in [2.24, 2.45) is 11.7 Å². The molecule has 0 bridgehead atoms. The molecule has 1 aliphatic carbocycles. The van der Waals surface area contributed by atoms with Gasteiger partial charge < -0.3 is 10.6 Å². The summed E-state index contributed by atoms with van der Waals surface area (Å²) in [5.74, 6) is 0.295. The van der Waals surface area contributed by atoms with Crippen molar-refractivity contribution in [1.29, 1.82) is 0 Å². The summed E-state index contributed by atoms with van der Waals surface area (Å²) in [6, 6.07) is 8.22. The Labute approximate surface area is 88.9 Å². The minimum absolute atomic E-state index is 0.0798. The zero-order chi connectivity index (χ0) is 10.4. The molecule has 1 aromatic rings. The van der Waals surface area contributed by atoms with Crippen LogP contribution >= 0.6 is 0 Å². The highest BCUT2D eigenvalue weighted by atomic mass is 16.2. The number of rotatable bonds is 1. The lowest BCUT2D eigenvalue weighted by Gasteiger charge is -2.16. The molecule has 15 heavy (non-hydrogen) atoms. The van der Waals surface area contributed by atoms with Gasteiger partial charge in [0.2, 0.25) is 5.91 Å². The Morgan fingerprint density at radius 1 is 1.40 bits per heavy atom. The maximum absolute atomic E-state index is 12.0. The van der Waals surface area contributed by atoms with Gasteiger partial charge in [-0.25, -0.2) is 0 Å². The molecule has 0 radical (unpaired) electrons. The van der Waals surface area contributed by atoms with Crippen molar-refractivity contribution in [1.82, 2.24) is 0 Å². The first-order valence-corrected chi connectivity index (χ1v) is 5.42. The maximum Gasteiger partial charge on any atom is 0.231 e. The molecule has 0 saturated heterocycles. The van der Waals surface area contributed by atoms with Crippen LogP contribution in [0.1, 0.15) is 12.0 Å². The highest BCUT2D eigenvalue weighted by Gasteiger charge is 2.43. The number of nitrogens with two attached hydrogens (primary N) is 1. The van der Waals surface area contributed by atoms with Crippen LogP contribution in [0.2, 0.25) is 0 Å². The molecule has 1 amide bonds. The first-order chi connectivity index (χ1) is 7.27. The summed E-state index contributed by atoms with van der Waals surface area (Å²) in [5.41, 5.74) is 8.07. The van der Waals surface area contributed by atoms with Crippen molar-refractivity contribution in [2.75, 3.05) is 11.4 Å². The van der Waals surface area contributed by atoms with Crippen LogP contribution in [0.5, 0.6) is 0 Å². The quantitative estimate of drug-likeness (QED) is 0.736. The van der Waals surface area contributed by atoms with Crippen LogP contribution in [-0.2, 0) is 11.2 Å². The number of carbonyl (C=O) groups is 1. The van der Waals surface area contributed by atoms with Gasteiger partial charge in [-0.1, -0.05) is 18.2 Å². The van der Waals surface area contributed by atoms with Crippen LogP contribution in [0, 0.1) is 5.92 Å². The number of anilines is 1. The third kappa shape index (κ3) is 1.35. The Kier molecular flexibility index (Phi) is 1.83. The van der Waals surface area contributed by atoms with E-state index in [0.29, 0.717) is 0 Å². The van der Waals surface area contributed by atoms with Crippen LogP contribution in [0.15, 0.2) is 24.3 Å². The molecular formula is C12H14N2O. The van der Waals surface area contributed by atoms with Crippen molar-refractivity contribution in [3.63, 3.8) is 0 Å². The standard InChI is InChI=1S/C12H14N2O/c13-10-7-9(10)12(15)14-6-5-8-3-1-2-4-11(8)14/h1-4,9-10H,5-7,13H2. The monoisotopic (exact) mass is 202 g/mol. The van der Waals surface area contributed by atoms with Gasteiger partial charge in [0.25, 0.3) is 0 Å². The summed E-state index contributed by atoms with van der Waals surface area (Å²) in [6.45, 7) is 0.821. The minimum atomic E-state index is 0.0798. The highest BCUT2D eigenvalue weighted by Crippen LogP contribution is 2.35. The SMILES string of the molecule is NC1CC1C(=O)N1CCc2ccccc21. The molecular weight excluding hydrogens is 188 g/mol. The molecule has 78 valence electrons. The fourth-order valence-electron chi connectivity index (χ4n) is 2.27. The van der Waals surface area contributed by atoms with Gasteiger partial charge in [-0.05, 0) is 24.5 Å². The van der Waals surface area contributed by atoms with Crippen molar-refractivity contribution < 1.29 is 4.79 Å². The Hall–Kier alpha value is -1.35. The molecule has 1 heterocycles. The van der Waals surface area contributed by atoms with E-state index in [1.165, 1.54) is 5.56 Å². The molecule has 3 heteroatoms. The summed E-state index contributed by atoms with van der Waals surface area (Å²) < 4.78 is 0. The molecule has 3 nitrogen and oxygen atoms in total. The van der Waals surface area contributed by atoms with Gasteiger partial charge >= 0.3 is 0 Å². The van der Waals surface area contributed by atoms with E-state index in [9.17, 15) is 4.79 Å². The van der Waals surface area contributed by atoms with E-state index in [0.717, 1.165) is 25.1 Å². The summed E-state index contributed by atoms with van der Waals surface area (Å²) in [7, 11) is 0. The van der Waals surface area contributed by atoms with Gasteiger partial charge in [-0.2, -0.15) is 0 Å². The van der Waals surface area contributed by atoms with Crippen LogP contribution in [0.25, 0.3) is 0 Å². The van der Waals surface area contributed by atoms with Gasteiger partial charge in [0, 0.05) is 18.3 Å². The fourth-order valence-corrected chi connectivity index (χ4v) is 2.27. The predicted octanol–water partition coefficient (Wildman–Crippen LogP) is 0.923. The summed E-state index contributed by atoms with van der Waals surface area (Å²) in [6.07, 6.45) is 1.83. The zero-order valence-electron chi connectivity index (χ0n) is 8.52. The van der Waals surface area contributed by atoms with E-state index < -0.39 is 0 Å². The fraction of sp³-hybridized carbons (Fsp3) is 0.417. The third-order valence-corrected chi connectivity index (χ3v) is 3.31. The average Bonchev–Trinajstić information content (AvgIpc) is 2.83. The molecule has 1 saturated carbocycles. The number of para-hydroxylation sites is 1. The van der Waals surface area contributed by atoms with E-state index in [-0.39, 0.29) is 17.9 Å². The van der Waals surface area contributed by atoms with E-state index in [1.807, 2.05) is 23.1 Å². The number of amides is 1. The Morgan fingerprint density at radius 3 is 2.87 bits per heavy atom. The van der Waals surface area contributed by atoms with Crippen molar-refractivity contribution in [3.05, 3.63) is 29.8 Å². The van der Waals surface area contributed by atoms with Crippen LogP contribution < -0.4 is 10.6 Å². The number of benzene rings is 1. The second kappa shape index (κ2) is 3.07. The van der Waals surface area contributed by atoms with Crippen molar-refractivity contribution in [3.8, 4) is 0 Å². The Bertz CT molecular complexity index is 416. The smallest absolute Gasteiger partial charge is 0.231 e. The van der Waals surface area contributed by atoms with Gasteiger partial charge in [0.05, 0.1) is 5.92 Å². The first kappa shape index (κ1) is 8.92. The van der Waals surface area contributed by atoms with Gasteiger partial charge in [0.1, 0.15) is 0 Å². The summed E-state index contributed by atoms with van der Waals surface area (Å²) in [4.78, 5) is 13.9. The van der Waals surface area contributed by atoms with Gasteiger partial charge in [0.15, 0.2) is 0 Å². The summed E-state index contributed by atoms with van der Waals surface area (Å²) >= 11 is 0. The molecule has 2 unspecified atom stereocenters. The largest absolute Gasteiger partial charge is 0.327 e. The molecule has 2 aliphatic rings. The number of hydrogen-bond acceptors (Lipinski definition) is 2.